The first-order valence-corrected chi connectivity index (χ1v) is 7.61. The SMILES string of the molecule is COc1ccc(C)cc1CC(=O)NNC(=O)Cn1nc(C)cc1C. The third-order valence-corrected chi connectivity index (χ3v) is 3.52. The van der Waals surface area contributed by atoms with E-state index in [-0.39, 0.29) is 24.8 Å². The molecular formula is C17H22N4O3. The molecule has 0 aliphatic rings. The molecule has 0 spiro atoms. The number of hydrogen-bond acceptors (Lipinski definition) is 4. The summed E-state index contributed by atoms with van der Waals surface area (Å²) in [6.07, 6.45) is 0.116. The van der Waals surface area contributed by atoms with Crippen molar-refractivity contribution in [3.63, 3.8) is 0 Å². The van der Waals surface area contributed by atoms with Crippen LogP contribution in [-0.4, -0.2) is 28.7 Å². The summed E-state index contributed by atoms with van der Waals surface area (Å²) in [4.78, 5) is 23.9. The van der Waals surface area contributed by atoms with Gasteiger partial charge in [-0.05, 0) is 32.9 Å². The van der Waals surface area contributed by atoms with E-state index in [2.05, 4.69) is 16.0 Å². The molecule has 7 nitrogen and oxygen atoms in total. The Labute approximate surface area is 141 Å². The minimum atomic E-state index is -0.342. The maximum Gasteiger partial charge on any atom is 0.260 e. The molecule has 24 heavy (non-hydrogen) atoms. The van der Waals surface area contributed by atoms with Gasteiger partial charge in [-0.15, -0.1) is 0 Å². The van der Waals surface area contributed by atoms with E-state index in [9.17, 15) is 9.59 Å². The van der Waals surface area contributed by atoms with Crippen LogP contribution in [0.2, 0.25) is 0 Å². The number of rotatable bonds is 5. The quantitative estimate of drug-likeness (QED) is 0.807. The van der Waals surface area contributed by atoms with Crippen LogP contribution in [0.4, 0.5) is 0 Å². The van der Waals surface area contributed by atoms with Gasteiger partial charge in [0.15, 0.2) is 0 Å². The molecule has 7 heteroatoms. The fraction of sp³-hybridized carbons (Fsp3) is 0.353. The minimum Gasteiger partial charge on any atom is -0.496 e. The number of aryl methyl sites for hydroxylation is 3. The highest BCUT2D eigenvalue weighted by atomic mass is 16.5. The smallest absolute Gasteiger partial charge is 0.260 e. The van der Waals surface area contributed by atoms with Crippen molar-refractivity contribution in [2.45, 2.75) is 33.7 Å². The lowest BCUT2D eigenvalue weighted by Crippen LogP contribution is -2.44. The van der Waals surface area contributed by atoms with Gasteiger partial charge in [0.2, 0.25) is 5.91 Å². The number of nitrogens with one attached hydrogen (secondary N) is 2. The second-order valence-corrected chi connectivity index (χ2v) is 5.67. The van der Waals surface area contributed by atoms with Crippen molar-refractivity contribution in [2.75, 3.05) is 7.11 Å². The Hall–Kier alpha value is -2.83. The lowest BCUT2D eigenvalue weighted by atomic mass is 10.1. The van der Waals surface area contributed by atoms with E-state index in [0.717, 1.165) is 22.5 Å². The molecular weight excluding hydrogens is 308 g/mol. The lowest BCUT2D eigenvalue weighted by molar-refractivity contribution is -0.129. The van der Waals surface area contributed by atoms with Gasteiger partial charge in [-0.25, -0.2) is 0 Å². The Bertz CT molecular complexity index is 752. The summed E-state index contributed by atoms with van der Waals surface area (Å²) in [5.41, 5.74) is 8.34. The van der Waals surface area contributed by atoms with Crippen molar-refractivity contribution < 1.29 is 14.3 Å². The third-order valence-electron chi connectivity index (χ3n) is 3.52. The first-order chi connectivity index (χ1) is 11.4. The molecule has 0 unspecified atom stereocenters. The number of benzene rings is 1. The predicted octanol–water partition coefficient (Wildman–Crippen LogP) is 1.21. The first kappa shape index (κ1) is 17.5. The highest BCUT2D eigenvalue weighted by molar-refractivity contribution is 5.83. The van der Waals surface area contributed by atoms with Gasteiger partial charge in [0.05, 0.1) is 19.2 Å². The number of hydrogen-bond donors (Lipinski definition) is 2. The van der Waals surface area contributed by atoms with Gasteiger partial charge in [-0.3, -0.25) is 25.1 Å². The van der Waals surface area contributed by atoms with Gasteiger partial charge in [0.1, 0.15) is 12.3 Å². The lowest BCUT2D eigenvalue weighted by Gasteiger charge is -2.11. The molecule has 2 amide bonds. The van der Waals surface area contributed by atoms with Crippen molar-refractivity contribution in [3.05, 3.63) is 46.8 Å². The Morgan fingerprint density at radius 2 is 1.83 bits per heavy atom. The van der Waals surface area contributed by atoms with E-state index in [4.69, 9.17) is 4.74 Å². The van der Waals surface area contributed by atoms with Crippen LogP contribution in [0.15, 0.2) is 24.3 Å². The number of methoxy groups -OCH3 is 1. The zero-order valence-electron chi connectivity index (χ0n) is 14.3. The summed E-state index contributed by atoms with van der Waals surface area (Å²) < 4.78 is 6.83. The highest BCUT2D eigenvalue weighted by Gasteiger charge is 2.11. The Morgan fingerprint density at radius 3 is 2.46 bits per heavy atom. The normalized spacial score (nSPS) is 10.3. The molecule has 0 saturated carbocycles. The van der Waals surface area contributed by atoms with Crippen LogP contribution < -0.4 is 15.6 Å². The summed E-state index contributed by atoms with van der Waals surface area (Å²) in [7, 11) is 1.56. The molecule has 0 saturated heterocycles. The second kappa shape index (κ2) is 7.63. The van der Waals surface area contributed by atoms with Crippen molar-refractivity contribution >= 4 is 11.8 Å². The van der Waals surface area contributed by atoms with E-state index in [1.807, 2.05) is 45.0 Å². The van der Waals surface area contributed by atoms with Crippen LogP contribution in [-0.2, 0) is 22.6 Å². The molecule has 1 aromatic heterocycles. The number of carbonyl (C=O) groups excluding carboxylic acids is 2. The topological polar surface area (TPSA) is 85.3 Å². The number of hydrazine groups is 1. The van der Waals surface area contributed by atoms with E-state index < -0.39 is 0 Å². The standard InChI is InChI=1S/C17H22N4O3/c1-11-5-6-15(24-4)14(7-11)9-16(22)18-19-17(23)10-21-13(3)8-12(2)20-21/h5-8H,9-10H2,1-4H3,(H,18,22)(H,19,23). The fourth-order valence-electron chi connectivity index (χ4n) is 2.41. The van der Waals surface area contributed by atoms with E-state index in [1.165, 1.54) is 0 Å². The molecule has 1 aromatic carbocycles. The number of aromatic nitrogens is 2. The molecule has 2 N–H and O–H groups in total. The molecule has 2 rings (SSSR count). The summed E-state index contributed by atoms with van der Waals surface area (Å²) >= 11 is 0. The maximum atomic E-state index is 12.0. The van der Waals surface area contributed by atoms with Crippen molar-refractivity contribution in [1.82, 2.24) is 20.6 Å². The number of ether oxygens (including phenoxy) is 1. The molecule has 0 aliphatic heterocycles. The Balaban J connectivity index is 1.88. The van der Waals surface area contributed by atoms with Crippen molar-refractivity contribution in [1.29, 1.82) is 0 Å². The monoisotopic (exact) mass is 330 g/mol. The van der Waals surface area contributed by atoms with Gasteiger partial charge in [0, 0.05) is 11.3 Å². The van der Waals surface area contributed by atoms with Gasteiger partial charge >= 0.3 is 0 Å². The Kier molecular flexibility index (Phi) is 5.57. The molecule has 1 heterocycles. The van der Waals surface area contributed by atoms with E-state index in [1.54, 1.807) is 11.8 Å². The van der Waals surface area contributed by atoms with E-state index >= 15 is 0 Å². The second-order valence-electron chi connectivity index (χ2n) is 5.67. The van der Waals surface area contributed by atoms with Crippen molar-refractivity contribution in [3.8, 4) is 5.75 Å². The van der Waals surface area contributed by atoms with Crippen LogP contribution in [0.5, 0.6) is 5.75 Å². The van der Waals surface area contributed by atoms with E-state index in [0.29, 0.717) is 5.75 Å². The summed E-state index contributed by atoms with van der Waals surface area (Å²) in [6.45, 7) is 5.72. The van der Waals surface area contributed by atoms with Crippen LogP contribution in [0.3, 0.4) is 0 Å². The highest BCUT2D eigenvalue weighted by Crippen LogP contribution is 2.19. The molecule has 0 fully saturated rings. The van der Waals surface area contributed by atoms with Crippen molar-refractivity contribution in [2.24, 2.45) is 0 Å². The fourth-order valence-corrected chi connectivity index (χ4v) is 2.41. The van der Waals surface area contributed by atoms with Crippen LogP contribution in [0.25, 0.3) is 0 Å². The summed E-state index contributed by atoms with van der Waals surface area (Å²) in [5.74, 6) is -0.0175. The number of amides is 2. The summed E-state index contributed by atoms with van der Waals surface area (Å²) in [5, 5.41) is 4.20. The van der Waals surface area contributed by atoms with Gasteiger partial charge < -0.3 is 4.74 Å². The van der Waals surface area contributed by atoms with Crippen LogP contribution >= 0.6 is 0 Å². The maximum absolute atomic E-state index is 12.0. The van der Waals surface area contributed by atoms with Gasteiger partial charge in [-0.1, -0.05) is 17.7 Å². The van der Waals surface area contributed by atoms with Gasteiger partial charge in [-0.2, -0.15) is 5.10 Å². The zero-order chi connectivity index (χ0) is 17.7. The first-order valence-electron chi connectivity index (χ1n) is 7.61. The largest absolute Gasteiger partial charge is 0.496 e. The average molecular weight is 330 g/mol. The van der Waals surface area contributed by atoms with Crippen LogP contribution in [0.1, 0.15) is 22.5 Å². The molecule has 0 bridgehead atoms. The molecule has 0 radical (unpaired) electrons. The predicted molar refractivity (Wildman–Crippen MR) is 89.4 cm³/mol. The molecule has 0 aliphatic carbocycles. The number of nitrogens with zero attached hydrogens (tertiary/aromatic N) is 2. The molecule has 2 aromatic rings. The summed E-state index contributed by atoms with van der Waals surface area (Å²) in [6, 6.07) is 7.50. The van der Waals surface area contributed by atoms with Crippen LogP contribution in [0, 0.1) is 20.8 Å². The van der Waals surface area contributed by atoms with Gasteiger partial charge in [0.25, 0.3) is 5.91 Å². The average Bonchev–Trinajstić information content (AvgIpc) is 2.83. The molecule has 0 atom stereocenters. The Morgan fingerprint density at radius 1 is 1.12 bits per heavy atom. The third kappa shape index (κ3) is 4.58. The molecule has 128 valence electrons. The number of carbonyl (C=O) groups is 2. The zero-order valence-corrected chi connectivity index (χ0v) is 14.3. The minimum absolute atomic E-state index is 0.0493.